The molecule has 3 rings (SSSR count). The van der Waals surface area contributed by atoms with Crippen molar-refractivity contribution in [3.05, 3.63) is 65.2 Å². The van der Waals surface area contributed by atoms with Gasteiger partial charge in [0.05, 0.1) is 32.1 Å². The van der Waals surface area contributed by atoms with Crippen LogP contribution >= 0.6 is 0 Å². The minimum atomic E-state index is -0.162. The van der Waals surface area contributed by atoms with E-state index >= 15 is 0 Å². The van der Waals surface area contributed by atoms with Gasteiger partial charge < -0.3 is 19.7 Å². The van der Waals surface area contributed by atoms with Crippen LogP contribution in [0.2, 0.25) is 0 Å². The van der Waals surface area contributed by atoms with Crippen molar-refractivity contribution in [2.75, 3.05) is 37.9 Å². The molecule has 0 saturated heterocycles. The zero-order valence-corrected chi connectivity index (χ0v) is 21.8. The van der Waals surface area contributed by atoms with Crippen molar-refractivity contribution in [2.45, 2.75) is 53.0 Å². The minimum absolute atomic E-state index is 0.101. The van der Waals surface area contributed by atoms with Gasteiger partial charge in [0, 0.05) is 37.1 Å². The molecule has 0 atom stereocenters. The first-order valence-electron chi connectivity index (χ1n) is 12.8. The highest BCUT2D eigenvalue weighted by atomic mass is 16.5. The second-order valence-electron chi connectivity index (χ2n) is 9.75. The van der Waals surface area contributed by atoms with E-state index in [9.17, 15) is 9.59 Å². The van der Waals surface area contributed by atoms with Gasteiger partial charge in [-0.15, -0.1) is 0 Å². The maximum atomic E-state index is 13.2. The highest BCUT2D eigenvalue weighted by Crippen LogP contribution is 2.26. The zero-order valence-electron chi connectivity index (χ0n) is 21.8. The first-order valence-corrected chi connectivity index (χ1v) is 12.8. The van der Waals surface area contributed by atoms with Gasteiger partial charge in [-0.05, 0) is 35.6 Å². The van der Waals surface area contributed by atoms with E-state index in [-0.39, 0.29) is 24.7 Å². The molecule has 0 aliphatic carbocycles. The lowest BCUT2D eigenvalue weighted by atomic mass is 9.87. The Kier molecular flexibility index (Phi) is 10.5. The van der Waals surface area contributed by atoms with Gasteiger partial charge in [0.15, 0.2) is 0 Å². The molecule has 1 heterocycles. The third kappa shape index (κ3) is 8.51. The molecule has 6 heteroatoms. The number of hydrogen-bond acceptors (Lipinski definition) is 4. The molecule has 0 fully saturated rings. The summed E-state index contributed by atoms with van der Waals surface area (Å²) in [5.74, 6) is 6.14. The largest absolute Gasteiger partial charge is 0.379 e. The molecule has 0 saturated carbocycles. The molecule has 0 radical (unpaired) electrons. The van der Waals surface area contributed by atoms with Crippen molar-refractivity contribution >= 4 is 17.5 Å². The Labute approximate surface area is 215 Å². The van der Waals surface area contributed by atoms with E-state index in [0.717, 1.165) is 41.8 Å². The molecule has 192 valence electrons. The fourth-order valence-corrected chi connectivity index (χ4v) is 3.76. The minimum Gasteiger partial charge on any atom is -0.379 e. The van der Waals surface area contributed by atoms with Crippen molar-refractivity contribution in [3.63, 3.8) is 0 Å². The summed E-state index contributed by atoms with van der Waals surface area (Å²) in [6.07, 6.45) is 2.41. The maximum Gasteiger partial charge on any atom is 0.227 e. The number of amides is 2. The molecule has 2 aromatic carbocycles. The predicted molar refractivity (Wildman–Crippen MR) is 143 cm³/mol. The van der Waals surface area contributed by atoms with Crippen LogP contribution in [0.25, 0.3) is 0 Å². The number of nitrogens with one attached hydrogen (secondary N) is 1. The lowest BCUT2D eigenvalue weighted by Gasteiger charge is -2.26. The van der Waals surface area contributed by atoms with Crippen molar-refractivity contribution in [1.82, 2.24) is 5.32 Å². The molecular formula is C30H38N2O4. The number of para-hydroxylation sites is 1. The molecule has 6 nitrogen and oxygen atoms in total. The number of carbonyl (C=O) groups excluding carboxylic acids is 2. The Balaban J connectivity index is 1.39. The summed E-state index contributed by atoms with van der Waals surface area (Å²) in [7, 11) is 0. The van der Waals surface area contributed by atoms with Gasteiger partial charge in [0.2, 0.25) is 11.8 Å². The van der Waals surface area contributed by atoms with E-state index < -0.39 is 0 Å². The van der Waals surface area contributed by atoms with Crippen LogP contribution in [0.1, 0.15) is 63.1 Å². The predicted octanol–water partition coefficient (Wildman–Crippen LogP) is 4.69. The van der Waals surface area contributed by atoms with Gasteiger partial charge >= 0.3 is 0 Å². The Morgan fingerprint density at radius 3 is 2.36 bits per heavy atom. The monoisotopic (exact) mass is 490 g/mol. The average Bonchev–Trinajstić information content (AvgIpc) is 2.87. The zero-order chi connectivity index (χ0) is 25.8. The fourth-order valence-electron chi connectivity index (χ4n) is 3.76. The van der Waals surface area contributed by atoms with Gasteiger partial charge in [-0.2, -0.15) is 0 Å². The number of hydrogen-bond donors (Lipinski definition) is 1. The van der Waals surface area contributed by atoms with Crippen LogP contribution in [0.5, 0.6) is 0 Å². The molecule has 0 spiro atoms. The van der Waals surface area contributed by atoms with E-state index in [1.54, 1.807) is 4.90 Å². The molecule has 0 unspecified atom stereocenters. The van der Waals surface area contributed by atoms with Gasteiger partial charge in [0.1, 0.15) is 0 Å². The second kappa shape index (κ2) is 13.8. The van der Waals surface area contributed by atoms with Crippen molar-refractivity contribution in [2.24, 2.45) is 5.41 Å². The summed E-state index contributed by atoms with van der Waals surface area (Å²) in [5, 5.41) is 2.83. The first kappa shape index (κ1) is 27.4. The summed E-state index contributed by atoms with van der Waals surface area (Å²) in [5.41, 5.74) is 3.80. The number of anilines is 1. The van der Waals surface area contributed by atoms with Crippen molar-refractivity contribution in [3.8, 4) is 11.8 Å². The summed E-state index contributed by atoms with van der Waals surface area (Å²) in [6, 6.07) is 15.5. The van der Waals surface area contributed by atoms with Crippen LogP contribution in [0, 0.1) is 17.3 Å². The average molecular weight is 491 g/mol. The van der Waals surface area contributed by atoms with Crippen LogP contribution < -0.4 is 10.2 Å². The summed E-state index contributed by atoms with van der Waals surface area (Å²) >= 11 is 0. The topological polar surface area (TPSA) is 67.9 Å². The maximum absolute atomic E-state index is 13.2. The van der Waals surface area contributed by atoms with E-state index in [0.29, 0.717) is 38.3 Å². The summed E-state index contributed by atoms with van der Waals surface area (Å²) in [4.78, 5) is 27.2. The molecule has 1 aliphatic rings. The summed E-state index contributed by atoms with van der Waals surface area (Å²) in [6.45, 7) is 9.70. The van der Waals surface area contributed by atoms with Crippen LogP contribution in [0.15, 0.2) is 48.5 Å². The van der Waals surface area contributed by atoms with Crippen LogP contribution in [0.3, 0.4) is 0 Å². The van der Waals surface area contributed by atoms with Crippen molar-refractivity contribution < 1.29 is 19.1 Å². The lowest BCUT2D eigenvalue weighted by Crippen LogP contribution is -2.34. The van der Waals surface area contributed by atoms with E-state index in [2.05, 4.69) is 37.9 Å². The molecule has 0 aromatic heterocycles. The fraction of sp³-hybridized carbons (Fsp3) is 0.467. The van der Waals surface area contributed by atoms with Gasteiger partial charge in [-0.1, -0.05) is 69.4 Å². The third-order valence-electron chi connectivity index (χ3n) is 6.56. The third-order valence-corrected chi connectivity index (χ3v) is 6.56. The molecule has 1 N–H and O–H groups in total. The molecule has 2 aromatic rings. The van der Waals surface area contributed by atoms with Gasteiger partial charge in [-0.25, -0.2) is 0 Å². The highest BCUT2D eigenvalue weighted by Gasteiger charge is 2.21. The number of ether oxygens (including phenoxy) is 2. The Bertz CT molecular complexity index is 1080. The van der Waals surface area contributed by atoms with Crippen molar-refractivity contribution in [1.29, 1.82) is 0 Å². The Morgan fingerprint density at radius 1 is 0.917 bits per heavy atom. The van der Waals surface area contributed by atoms with Gasteiger partial charge in [0.25, 0.3) is 0 Å². The number of benzene rings is 2. The number of nitrogens with zero attached hydrogens (tertiary/aromatic N) is 1. The smallest absolute Gasteiger partial charge is 0.227 e. The lowest BCUT2D eigenvalue weighted by molar-refractivity contribution is -0.125. The summed E-state index contributed by atoms with van der Waals surface area (Å²) < 4.78 is 11.2. The first-order chi connectivity index (χ1) is 17.4. The number of carbonyl (C=O) groups is 2. The van der Waals surface area contributed by atoms with E-state index in [4.69, 9.17) is 9.47 Å². The van der Waals surface area contributed by atoms with Gasteiger partial charge in [-0.3, -0.25) is 9.59 Å². The normalized spacial score (nSPS) is 12.5. The van der Waals surface area contributed by atoms with Crippen LogP contribution in [0.4, 0.5) is 5.69 Å². The molecular weight excluding hydrogens is 452 g/mol. The van der Waals surface area contributed by atoms with Crippen LogP contribution in [-0.2, 0) is 25.6 Å². The molecule has 1 aliphatic heterocycles. The van der Waals surface area contributed by atoms with E-state index in [1.807, 2.05) is 48.5 Å². The Hall–Kier alpha value is -3.14. The SMILES string of the molecule is CCC(C)(C)CCOCCOCCNC(=O)CCC(=O)N1Cc2ccccc2C#Cc2ccccc21. The quantitative estimate of drug-likeness (QED) is 0.327. The molecule has 2 amide bonds. The number of rotatable bonds is 13. The van der Waals surface area contributed by atoms with Crippen LogP contribution in [-0.4, -0.2) is 44.8 Å². The highest BCUT2D eigenvalue weighted by molar-refractivity contribution is 5.96. The Morgan fingerprint density at radius 2 is 1.58 bits per heavy atom. The number of fused-ring (bicyclic) bond motifs is 2. The van der Waals surface area contributed by atoms with E-state index in [1.165, 1.54) is 0 Å². The standard InChI is InChI=1S/C30H38N2O4/c1-4-30(2,3)17-19-35-21-22-36-20-18-31-28(33)15-16-29(34)32-23-26-11-6-5-9-24(26)13-14-25-10-7-8-12-27(25)32/h5-12H,4,15-23H2,1-3H3,(H,31,33). The molecule has 36 heavy (non-hydrogen) atoms. The second-order valence-corrected chi connectivity index (χ2v) is 9.75. The molecule has 0 bridgehead atoms.